The molecule has 4 amide bonds. The molecule has 1 unspecified atom stereocenters. The van der Waals surface area contributed by atoms with E-state index < -0.39 is 11.6 Å². The Balaban J connectivity index is 1.37. The van der Waals surface area contributed by atoms with E-state index in [4.69, 9.17) is 0 Å². The predicted octanol–water partition coefficient (Wildman–Crippen LogP) is 3.71. The topological polar surface area (TPSA) is 69.7 Å². The summed E-state index contributed by atoms with van der Waals surface area (Å²) in [6.45, 7) is -0.291. The highest BCUT2D eigenvalue weighted by Gasteiger charge is 2.52. The number of urea groups is 1. The lowest BCUT2D eigenvalue weighted by Crippen LogP contribution is -2.51. The first-order valence-corrected chi connectivity index (χ1v) is 11.5. The minimum Gasteiger partial charge on any atom is -0.333 e. The van der Waals surface area contributed by atoms with Gasteiger partial charge in [-0.25, -0.2) is 4.79 Å². The Bertz CT molecular complexity index is 1190. The van der Waals surface area contributed by atoms with Crippen LogP contribution in [0, 0.1) is 0 Å². The maximum Gasteiger partial charge on any atom is 0.325 e. The van der Waals surface area contributed by atoms with E-state index in [1.165, 1.54) is 5.56 Å². The average Bonchev–Trinajstić information content (AvgIpc) is 3.09. The zero-order valence-electron chi connectivity index (χ0n) is 19.1. The zero-order chi connectivity index (χ0) is 23.7. The molecule has 1 heterocycles. The summed E-state index contributed by atoms with van der Waals surface area (Å²) in [5.74, 6) is -0.612. The van der Waals surface area contributed by atoms with Gasteiger partial charge >= 0.3 is 6.03 Å². The Hall–Kier alpha value is -3.93. The van der Waals surface area contributed by atoms with Crippen molar-refractivity contribution in [1.29, 1.82) is 0 Å². The molecule has 1 atom stereocenters. The summed E-state index contributed by atoms with van der Waals surface area (Å²) in [4.78, 5) is 42.4. The first-order valence-electron chi connectivity index (χ1n) is 11.5. The number of fused-ring (bicyclic) bond motifs is 1. The van der Waals surface area contributed by atoms with Crippen LogP contribution in [0.4, 0.5) is 4.79 Å². The van der Waals surface area contributed by atoms with Crippen molar-refractivity contribution >= 4 is 17.8 Å². The van der Waals surface area contributed by atoms with Gasteiger partial charge in [0.1, 0.15) is 12.1 Å². The summed E-state index contributed by atoms with van der Waals surface area (Å²) in [6, 6.07) is 26.7. The van der Waals surface area contributed by atoms with E-state index in [0.717, 1.165) is 21.6 Å². The molecular weight excluding hydrogens is 426 g/mol. The summed E-state index contributed by atoms with van der Waals surface area (Å²) < 4.78 is 0. The molecule has 5 rings (SSSR count). The third-order valence-corrected chi connectivity index (χ3v) is 6.98. The highest BCUT2D eigenvalue weighted by atomic mass is 16.2. The van der Waals surface area contributed by atoms with E-state index in [9.17, 15) is 14.4 Å². The molecule has 2 aliphatic rings. The molecule has 0 aromatic heterocycles. The quantitative estimate of drug-likeness (QED) is 0.599. The van der Waals surface area contributed by atoms with Gasteiger partial charge in [0.2, 0.25) is 5.91 Å². The number of benzene rings is 3. The zero-order valence-corrected chi connectivity index (χ0v) is 19.1. The number of amides is 4. The van der Waals surface area contributed by atoms with Crippen LogP contribution in [0.1, 0.15) is 34.7 Å². The van der Waals surface area contributed by atoms with Gasteiger partial charge in [-0.15, -0.1) is 0 Å². The number of rotatable bonds is 5. The third-order valence-electron chi connectivity index (χ3n) is 6.98. The lowest BCUT2D eigenvalue weighted by Gasteiger charge is -2.33. The number of nitrogens with one attached hydrogen (secondary N) is 1. The van der Waals surface area contributed by atoms with Crippen molar-refractivity contribution < 1.29 is 14.4 Å². The molecule has 3 aromatic rings. The predicted molar refractivity (Wildman–Crippen MR) is 129 cm³/mol. The molecule has 0 bridgehead atoms. The van der Waals surface area contributed by atoms with Crippen LogP contribution in [0.3, 0.4) is 0 Å². The first-order chi connectivity index (χ1) is 16.5. The van der Waals surface area contributed by atoms with Crippen molar-refractivity contribution in [2.24, 2.45) is 0 Å². The van der Waals surface area contributed by atoms with Crippen LogP contribution in [0.15, 0.2) is 84.9 Å². The standard InChI is InChI=1S/C28H27N3O3/c1-30(25(21-11-4-2-5-12-21)22-13-6-3-7-14-22)24(32)19-31-26(33)28(29-27(31)34)17-16-20-10-8-9-15-23(20)18-28/h2-15,25H,16-19H2,1H3,(H,29,34). The van der Waals surface area contributed by atoms with E-state index in [0.29, 0.717) is 19.3 Å². The first kappa shape index (κ1) is 21.9. The Labute approximate surface area is 199 Å². The summed E-state index contributed by atoms with van der Waals surface area (Å²) >= 11 is 0. The van der Waals surface area contributed by atoms with Crippen LogP contribution in [0.5, 0.6) is 0 Å². The van der Waals surface area contributed by atoms with Crippen molar-refractivity contribution in [1.82, 2.24) is 15.1 Å². The monoisotopic (exact) mass is 453 g/mol. The smallest absolute Gasteiger partial charge is 0.325 e. The van der Waals surface area contributed by atoms with Gasteiger partial charge in [-0.1, -0.05) is 84.9 Å². The van der Waals surface area contributed by atoms with Gasteiger partial charge in [-0.05, 0) is 35.1 Å². The number of aryl methyl sites for hydroxylation is 1. The van der Waals surface area contributed by atoms with Crippen LogP contribution in [-0.2, 0) is 22.4 Å². The number of hydrogen-bond donors (Lipinski definition) is 1. The molecule has 1 aliphatic carbocycles. The van der Waals surface area contributed by atoms with Crippen LogP contribution < -0.4 is 5.32 Å². The van der Waals surface area contributed by atoms with E-state index >= 15 is 0 Å². The van der Waals surface area contributed by atoms with Crippen molar-refractivity contribution in [3.8, 4) is 0 Å². The lowest BCUT2D eigenvalue weighted by atomic mass is 9.78. The van der Waals surface area contributed by atoms with Crippen molar-refractivity contribution in [2.45, 2.75) is 30.8 Å². The number of nitrogens with zero attached hydrogens (tertiary/aromatic N) is 2. The fourth-order valence-electron chi connectivity index (χ4n) is 5.15. The summed E-state index contributed by atoms with van der Waals surface area (Å²) in [6.07, 6.45) is 1.70. The summed E-state index contributed by atoms with van der Waals surface area (Å²) in [5.41, 5.74) is 3.23. The van der Waals surface area contributed by atoms with Gasteiger partial charge < -0.3 is 10.2 Å². The summed E-state index contributed by atoms with van der Waals surface area (Å²) in [7, 11) is 1.72. The van der Waals surface area contributed by atoms with Crippen molar-refractivity contribution in [3.63, 3.8) is 0 Å². The van der Waals surface area contributed by atoms with Crippen LogP contribution in [-0.4, -0.2) is 46.8 Å². The SMILES string of the molecule is CN(C(=O)CN1C(=O)NC2(CCc3ccccc3C2)C1=O)C(c1ccccc1)c1ccccc1. The molecule has 0 radical (unpaired) electrons. The van der Waals surface area contributed by atoms with Crippen molar-refractivity contribution in [2.75, 3.05) is 13.6 Å². The second-order valence-corrected chi connectivity index (χ2v) is 9.08. The van der Waals surface area contributed by atoms with E-state index in [1.54, 1.807) is 11.9 Å². The molecular formula is C28H27N3O3. The molecule has 1 N–H and O–H groups in total. The molecule has 6 nitrogen and oxygen atoms in total. The van der Waals surface area contributed by atoms with Crippen LogP contribution in [0.25, 0.3) is 0 Å². The van der Waals surface area contributed by atoms with Gasteiger partial charge in [-0.3, -0.25) is 14.5 Å². The van der Waals surface area contributed by atoms with Crippen molar-refractivity contribution in [3.05, 3.63) is 107 Å². The Morgan fingerprint density at radius 2 is 1.47 bits per heavy atom. The van der Waals surface area contributed by atoms with Crippen LogP contribution >= 0.6 is 0 Å². The fraction of sp³-hybridized carbons (Fsp3) is 0.250. The van der Waals surface area contributed by atoms with E-state index in [2.05, 4.69) is 11.4 Å². The number of carbonyl (C=O) groups is 3. The number of hydrogen-bond acceptors (Lipinski definition) is 3. The number of likely N-dealkylation sites (N-methyl/N-ethyl adjacent to an activating group) is 1. The minimum absolute atomic E-state index is 0.291. The molecule has 1 fully saturated rings. The largest absolute Gasteiger partial charge is 0.333 e. The molecule has 1 spiro atoms. The Morgan fingerprint density at radius 3 is 2.09 bits per heavy atom. The van der Waals surface area contributed by atoms with E-state index in [-0.39, 0.29) is 24.4 Å². The molecule has 3 aromatic carbocycles. The molecule has 1 aliphatic heterocycles. The third kappa shape index (κ3) is 3.85. The molecule has 34 heavy (non-hydrogen) atoms. The normalized spacial score (nSPS) is 19.3. The Morgan fingerprint density at radius 1 is 0.912 bits per heavy atom. The average molecular weight is 454 g/mol. The second kappa shape index (κ2) is 8.78. The molecule has 172 valence electrons. The molecule has 1 saturated heterocycles. The minimum atomic E-state index is -0.970. The van der Waals surface area contributed by atoms with Crippen LogP contribution in [0.2, 0.25) is 0 Å². The van der Waals surface area contributed by atoms with Gasteiger partial charge in [0.05, 0.1) is 6.04 Å². The number of imide groups is 1. The van der Waals surface area contributed by atoms with Gasteiger partial charge in [0.25, 0.3) is 5.91 Å². The van der Waals surface area contributed by atoms with Gasteiger partial charge in [0, 0.05) is 13.5 Å². The maximum absolute atomic E-state index is 13.4. The summed E-state index contributed by atoms with van der Waals surface area (Å²) in [5, 5.41) is 2.91. The highest BCUT2D eigenvalue weighted by molar-refractivity contribution is 6.09. The fourth-order valence-corrected chi connectivity index (χ4v) is 5.15. The van der Waals surface area contributed by atoms with E-state index in [1.807, 2.05) is 78.9 Å². The Kier molecular flexibility index (Phi) is 5.65. The van der Waals surface area contributed by atoms with Gasteiger partial charge in [0.15, 0.2) is 0 Å². The highest BCUT2D eigenvalue weighted by Crippen LogP contribution is 2.34. The molecule has 6 heteroatoms. The van der Waals surface area contributed by atoms with Gasteiger partial charge in [-0.2, -0.15) is 0 Å². The number of carbonyl (C=O) groups excluding carboxylic acids is 3. The maximum atomic E-state index is 13.4. The molecule has 0 saturated carbocycles. The second-order valence-electron chi connectivity index (χ2n) is 9.08. The lowest BCUT2D eigenvalue weighted by molar-refractivity contribution is -0.139.